The SMILES string of the molecule is Nc1ccc(-c2ccsc2)cc1NC(=O)c1ccc(CNC(=O)O)cc1. The van der Waals surface area contributed by atoms with Crippen LogP contribution in [-0.2, 0) is 6.54 Å². The van der Waals surface area contributed by atoms with Crippen molar-refractivity contribution in [2.45, 2.75) is 6.54 Å². The molecule has 1 heterocycles. The van der Waals surface area contributed by atoms with Crippen LogP contribution in [0.25, 0.3) is 11.1 Å². The molecule has 0 fully saturated rings. The van der Waals surface area contributed by atoms with Gasteiger partial charge in [0.2, 0.25) is 0 Å². The molecule has 0 atom stereocenters. The van der Waals surface area contributed by atoms with Gasteiger partial charge in [0, 0.05) is 12.1 Å². The first-order chi connectivity index (χ1) is 12.5. The van der Waals surface area contributed by atoms with Crippen LogP contribution < -0.4 is 16.4 Å². The molecule has 5 N–H and O–H groups in total. The van der Waals surface area contributed by atoms with Crippen LogP contribution in [0.5, 0.6) is 0 Å². The highest BCUT2D eigenvalue weighted by atomic mass is 32.1. The second-order valence-electron chi connectivity index (χ2n) is 5.62. The number of carboxylic acid groups (broad SMARTS) is 1. The normalized spacial score (nSPS) is 10.3. The molecule has 2 amide bonds. The van der Waals surface area contributed by atoms with Crippen molar-refractivity contribution in [3.8, 4) is 11.1 Å². The molecule has 0 radical (unpaired) electrons. The molecule has 1 aromatic heterocycles. The van der Waals surface area contributed by atoms with Crippen LogP contribution in [0, 0.1) is 0 Å². The molecular formula is C19H17N3O3S. The second kappa shape index (κ2) is 7.71. The molecule has 3 rings (SSSR count). The van der Waals surface area contributed by atoms with Gasteiger partial charge in [-0.05, 0) is 57.8 Å². The molecule has 0 bridgehead atoms. The monoisotopic (exact) mass is 367 g/mol. The summed E-state index contributed by atoms with van der Waals surface area (Å²) in [7, 11) is 0. The minimum atomic E-state index is -1.09. The average molecular weight is 367 g/mol. The lowest BCUT2D eigenvalue weighted by molar-refractivity contribution is 0.102. The van der Waals surface area contributed by atoms with E-state index in [0.29, 0.717) is 16.9 Å². The first-order valence-electron chi connectivity index (χ1n) is 7.82. The van der Waals surface area contributed by atoms with Crippen LogP contribution in [0.3, 0.4) is 0 Å². The molecule has 7 heteroatoms. The van der Waals surface area contributed by atoms with Crippen molar-refractivity contribution < 1.29 is 14.7 Å². The van der Waals surface area contributed by atoms with E-state index in [1.165, 1.54) is 0 Å². The molecule has 132 valence electrons. The fourth-order valence-electron chi connectivity index (χ4n) is 2.42. The zero-order valence-electron chi connectivity index (χ0n) is 13.7. The Morgan fingerprint density at radius 1 is 1.04 bits per heavy atom. The Hall–Kier alpha value is -3.32. The van der Waals surface area contributed by atoms with E-state index < -0.39 is 6.09 Å². The van der Waals surface area contributed by atoms with E-state index in [4.69, 9.17) is 10.8 Å². The summed E-state index contributed by atoms with van der Waals surface area (Å²) in [6.45, 7) is 0.187. The Morgan fingerprint density at radius 3 is 2.46 bits per heavy atom. The van der Waals surface area contributed by atoms with Crippen LogP contribution in [0.2, 0.25) is 0 Å². The van der Waals surface area contributed by atoms with Gasteiger partial charge in [-0.1, -0.05) is 18.2 Å². The summed E-state index contributed by atoms with van der Waals surface area (Å²) in [5, 5.41) is 17.7. The number of nitrogens with two attached hydrogens (primary N) is 1. The number of carbonyl (C=O) groups is 2. The van der Waals surface area contributed by atoms with Crippen molar-refractivity contribution in [1.29, 1.82) is 0 Å². The third-order valence-electron chi connectivity index (χ3n) is 3.82. The third kappa shape index (κ3) is 4.20. The van der Waals surface area contributed by atoms with Gasteiger partial charge in [-0.15, -0.1) is 0 Å². The molecule has 0 saturated heterocycles. The number of carbonyl (C=O) groups excluding carboxylic acids is 1. The van der Waals surface area contributed by atoms with Crippen LogP contribution >= 0.6 is 11.3 Å². The van der Waals surface area contributed by atoms with Gasteiger partial charge >= 0.3 is 6.09 Å². The first-order valence-corrected chi connectivity index (χ1v) is 8.76. The number of thiophene rings is 1. The zero-order chi connectivity index (χ0) is 18.5. The van der Waals surface area contributed by atoms with Gasteiger partial charge in [0.25, 0.3) is 5.91 Å². The first kappa shape index (κ1) is 17.5. The highest BCUT2D eigenvalue weighted by Gasteiger charge is 2.10. The van der Waals surface area contributed by atoms with Gasteiger partial charge < -0.3 is 21.5 Å². The fraction of sp³-hybridized carbons (Fsp3) is 0.0526. The quantitative estimate of drug-likeness (QED) is 0.511. The fourth-order valence-corrected chi connectivity index (χ4v) is 3.08. The molecule has 0 aliphatic heterocycles. The molecule has 0 unspecified atom stereocenters. The van der Waals surface area contributed by atoms with Gasteiger partial charge in [-0.2, -0.15) is 11.3 Å². The smallest absolute Gasteiger partial charge is 0.404 e. The summed E-state index contributed by atoms with van der Waals surface area (Å²) in [5.41, 5.74) is 10.3. The van der Waals surface area contributed by atoms with E-state index in [-0.39, 0.29) is 12.5 Å². The maximum atomic E-state index is 12.5. The van der Waals surface area contributed by atoms with Crippen molar-refractivity contribution in [2.24, 2.45) is 0 Å². The summed E-state index contributed by atoms with van der Waals surface area (Å²) in [5.74, 6) is -0.281. The molecule has 0 aliphatic carbocycles. The number of amides is 2. The number of hydrogen-bond acceptors (Lipinski definition) is 4. The molecule has 0 spiro atoms. The Morgan fingerprint density at radius 2 is 1.81 bits per heavy atom. The third-order valence-corrected chi connectivity index (χ3v) is 4.50. The minimum absolute atomic E-state index is 0.187. The molecule has 2 aromatic carbocycles. The molecule has 6 nitrogen and oxygen atoms in total. The highest BCUT2D eigenvalue weighted by Crippen LogP contribution is 2.29. The molecule has 26 heavy (non-hydrogen) atoms. The topological polar surface area (TPSA) is 104 Å². The Labute approximate surface area is 154 Å². The van der Waals surface area contributed by atoms with Gasteiger partial charge in [-0.25, -0.2) is 4.79 Å². The maximum absolute atomic E-state index is 12.5. The number of anilines is 2. The molecule has 3 aromatic rings. The van der Waals surface area contributed by atoms with Crippen molar-refractivity contribution >= 4 is 34.7 Å². The number of rotatable bonds is 5. The second-order valence-corrected chi connectivity index (χ2v) is 6.40. The Balaban J connectivity index is 1.73. The number of nitrogens with one attached hydrogen (secondary N) is 2. The van der Waals surface area contributed by atoms with Crippen molar-refractivity contribution in [3.63, 3.8) is 0 Å². The van der Waals surface area contributed by atoms with Gasteiger partial charge in [0.1, 0.15) is 0 Å². The lowest BCUT2D eigenvalue weighted by Crippen LogP contribution is -2.20. The number of benzene rings is 2. The average Bonchev–Trinajstić information content (AvgIpc) is 3.17. The Bertz CT molecular complexity index is 922. The lowest BCUT2D eigenvalue weighted by Gasteiger charge is -2.10. The van der Waals surface area contributed by atoms with Crippen molar-refractivity contribution in [2.75, 3.05) is 11.1 Å². The summed E-state index contributed by atoms with van der Waals surface area (Å²) in [4.78, 5) is 23.0. The zero-order valence-corrected chi connectivity index (χ0v) is 14.5. The molecular weight excluding hydrogens is 350 g/mol. The number of hydrogen-bond donors (Lipinski definition) is 4. The van der Waals surface area contributed by atoms with Gasteiger partial charge in [0.05, 0.1) is 11.4 Å². The minimum Gasteiger partial charge on any atom is -0.465 e. The molecule has 0 aliphatic rings. The van der Waals surface area contributed by atoms with Gasteiger partial charge in [-0.3, -0.25) is 4.79 Å². The van der Waals surface area contributed by atoms with Crippen LogP contribution in [0.1, 0.15) is 15.9 Å². The van der Waals surface area contributed by atoms with E-state index in [0.717, 1.165) is 16.7 Å². The van der Waals surface area contributed by atoms with Crippen LogP contribution in [-0.4, -0.2) is 17.1 Å². The Kier molecular flexibility index (Phi) is 5.19. The van der Waals surface area contributed by atoms with E-state index in [2.05, 4.69) is 10.6 Å². The summed E-state index contributed by atoms with van der Waals surface area (Å²) >= 11 is 1.60. The summed E-state index contributed by atoms with van der Waals surface area (Å²) in [6, 6.07) is 14.2. The largest absolute Gasteiger partial charge is 0.465 e. The van der Waals surface area contributed by atoms with Crippen LogP contribution in [0.15, 0.2) is 59.3 Å². The maximum Gasteiger partial charge on any atom is 0.404 e. The van der Waals surface area contributed by atoms with E-state index in [1.54, 1.807) is 41.7 Å². The predicted octanol–water partition coefficient (Wildman–Crippen LogP) is 4.02. The molecule has 0 saturated carbocycles. The van der Waals surface area contributed by atoms with Crippen molar-refractivity contribution in [1.82, 2.24) is 5.32 Å². The van der Waals surface area contributed by atoms with Crippen LogP contribution in [0.4, 0.5) is 16.2 Å². The standard InChI is InChI=1S/C19H17N3O3S/c20-16-6-5-14(15-7-8-26-11-15)9-17(16)22-18(23)13-3-1-12(2-4-13)10-21-19(24)25/h1-9,11,21H,10,20H2,(H,22,23)(H,24,25). The summed E-state index contributed by atoms with van der Waals surface area (Å²) in [6.07, 6.45) is -1.09. The van der Waals surface area contributed by atoms with E-state index in [1.807, 2.05) is 29.0 Å². The lowest BCUT2D eigenvalue weighted by atomic mass is 10.1. The summed E-state index contributed by atoms with van der Waals surface area (Å²) < 4.78 is 0. The van der Waals surface area contributed by atoms with E-state index in [9.17, 15) is 9.59 Å². The number of nitrogen functional groups attached to an aromatic ring is 1. The highest BCUT2D eigenvalue weighted by molar-refractivity contribution is 7.08. The van der Waals surface area contributed by atoms with E-state index >= 15 is 0 Å². The van der Waals surface area contributed by atoms with Gasteiger partial charge in [0.15, 0.2) is 0 Å². The van der Waals surface area contributed by atoms with Crippen molar-refractivity contribution in [3.05, 3.63) is 70.4 Å². The predicted molar refractivity (Wildman–Crippen MR) is 103 cm³/mol.